The Hall–Kier alpha value is -1.59. The summed E-state index contributed by atoms with van der Waals surface area (Å²) < 4.78 is 11.5. The smallest absolute Gasteiger partial charge is 0.223 e. The Balaban J connectivity index is 1.32. The molecule has 2 fully saturated rings. The van der Waals surface area contributed by atoms with Gasteiger partial charge in [-0.3, -0.25) is 9.69 Å². The van der Waals surface area contributed by atoms with Crippen molar-refractivity contribution < 1.29 is 14.3 Å². The third kappa shape index (κ3) is 4.71. The van der Waals surface area contributed by atoms with Crippen LogP contribution in [0.3, 0.4) is 0 Å². The number of carbonyl (C=O) groups is 1. The van der Waals surface area contributed by atoms with Gasteiger partial charge >= 0.3 is 0 Å². The van der Waals surface area contributed by atoms with Crippen molar-refractivity contribution in [3.05, 3.63) is 30.3 Å². The van der Waals surface area contributed by atoms with E-state index in [-0.39, 0.29) is 17.9 Å². The van der Waals surface area contributed by atoms with Crippen LogP contribution in [0.25, 0.3) is 0 Å². The second kappa shape index (κ2) is 8.49. The van der Waals surface area contributed by atoms with E-state index in [0.717, 1.165) is 18.9 Å². The Morgan fingerprint density at radius 3 is 3.08 bits per heavy atom. The molecule has 0 radical (unpaired) electrons. The SMILES string of the molecule is CC(CCOc1ccccc1)C(=O)NCC1CN2CCCC2CO1. The summed E-state index contributed by atoms with van der Waals surface area (Å²) in [6.07, 6.45) is 3.35. The lowest BCUT2D eigenvalue weighted by molar-refractivity contribution is -0.126. The summed E-state index contributed by atoms with van der Waals surface area (Å²) in [5.74, 6) is 0.872. The van der Waals surface area contributed by atoms with Gasteiger partial charge in [0.1, 0.15) is 5.75 Å². The molecular formula is C19H28N2O3. The third-order valence-corrected chi connectivity index (χ3v) is 4.98. The molecule has 3 atom stereocenters. The molecule has 24 heavy (non-hydrogen) atoms. The fraction of sp³-hybridized carbons (Fsp3) is 0.632. The Labute approximate surface area is 144 Å². The minimum absolute atomic E-state index is 0.0585. The first-order valence-electron chi connectivity index (χ1n) is 9.03. The second-order valence-corrected chi connectivity index (χ2v) is 6.84. The Morgan fingerprint density at radius 2 is 2.25 bits per heavy atom. The van der Waals surface area contributed by atoms with Gasteiger partial charge < -0.3 is 14.8 Å². The summed E-state index contributed by atoms with van der Waals surface area (Å²) in [6, 6.07) is 10.3. The van der Waals surface area contributed by atoms with Crippen LogP contribution in [0, 0.1) is 5.92 Å². The van der Waals surface area contributed by atoms with Crippen molar-refractivity contribution >= 4 is 5.91 Å². The van der Waals surface area contributed by atoms with E-state index in [0.29, 0.717) is 25.6 Å². The number of amides is 1. The average molecular weight is 332 g/mol. The molecule has 0 aromatic heterocycles. The van der Waals surface area contributed by atoms with E-state index < -0.39 is 0 Å². The van der Waals surface area contributed by atoms with E-state index in [2.05, 4.69) is 10.2 Å². The van der Waals surface area contributed by atoms with Crippen LogP contribution in [-0.4, -0.2) is 55.8 Å². The van der Waals surface area contributed by atoms with Gasteiger partial charge in [0, 0.05) is 25.0 Å². The zero-order valence-corrected chi connectivity index (χ0v) is 14.4. The van der Waals surface area contributed by atoms with Crippen LogP contribution in [0.15, 0.2) is 30.3 Å². The topological polar surface area (TPSA) is 50.8 Å². The highest BCUT2D eigenvalue weighted by atomic mass is 16.5. The van der Waals surface area contributed by atoms with Crippen molar-refractivity contribution in [2.75, 3.05) is 32.8 Å². The maximum atomic E-state index is 12.2. The highest BCUT2D eigenvalue weighted by molar-refractivity contribution is 5.78. The van der Waals surface area contributed by atoms with Gasteiger partial charge in [0.15, 0.2) is 0 Å². The Bertz CT molecular complexity index is 523. The molecule has 2 saturated heterocycles. The molecule has 2 aliphatic rings. The van der Waals surface area contributed by atoms with Gasteiger partial charge in [0.05, 0.1) is 19.3 Å². The van der Waals surface area contributed by atoms with E-state index in [9.17, 15) is 4.79 Å². The number of ether oxygens (including phenoxy) is 2. The Kier molecular flexibility index (Phi) is 6.10. The number of fused-ring (bicyclic) bond motifs is 1. The molecule has 2 heterocycles. The molecule has 132 valence electrons. The van der Waals surface area contributed by atoms with Crippen LogP contribution in [0.2, 0.25) is 0 Å². The molecule has 0 aliphatic carbocycles. The first-order valence-corrected chi connectivity index (χ1v) is 9.03. The molecule has 3 unspecified atom stereocenters. The van der Waals surface area contributed by atoms with E-state index in [1.165, 1.54) is 19.4 Å². The zero-order chi connectivity index (χ0) is 16.8. The lowest BCUT2D eigenvalue weighted by atomic mass is 10.1. The molecule has 2 aliphatic heterocycles. The average Bonchev–Trinajstić information content (AvgIpc) is 3.08. The second-order valence-electron chi connectivity index (χ2n) is 6.84. The molecule has 1 aromatic rings. The Morgan fingerprint density at radius 1 is 1.42 bits per heavy atom. The summed E-state index contributed by atoms with van der Waals surface area (Å²) in [7, 11) is 0. The number of hydrogen-bond acceptors (Lipinski definition) is 4. The van der Waals surface area contributed by atoms with Crippen LogP contribution in [0.1, 0.15) is 26.2 Å². The molecule has 0 spiro atoms. The molecule has 5 nitrogen and oxygen atoms in total. The van der Waals surface area contributed by atoms with Crippen LogP contribution < -0.4 is 10.1 Å². The monoisotopic (exact) mass is 332 g/mol. The van der Waals surface area contributed by atoms with Gasteiger partial charge in [-0.05, 0) is 37.9 Å². The molecule has 1 aromatic carbocycles. The van der Waals surface area contributed by atoms with Gasteiger partial charge in [0.25, 0.3) is 0 Å². The quantitative estimate of drug-likeness (QED) is 0.830. The fourth-order valence-electron chi connectivity index (χ4n) is 3.40. The van der Waals surface area contributed by atoms with Crippen molar-refractivity contribution in [1.82, 2.24) is 10.2 Å². The highest BCUT2D eigenvalue weighted by Crippen LogP contribution is 2.22. The number of hydrogen-bond donors (Lipinski definition) is 1. The van der Waals surface area contributed by atoms with Crippen molar-refractivity contribution in [3.8, 4) is 5.75 Å². The summed E-state index contributed by atoms with van der Waals surface area (Å²) in [6.45, 7) is 6.02. The first kappa shape index (κ1) is 17.2. The maximum absolute atomic E-state index is 12.2. The number of rotatable bonds is 7. The van der Waals surface area contributed by atoms with Gasteiger partial charge in [-0.2, -0.15) is 0 Å². The lowest BCUT2D eigenvalue weighted by Crippen LogP contribution is -2.50. The number of benzene rings is 1. The zero-order valence-electron chi connectivity index (χ0n) is 14.4. The van der Waals surface area contributed by atoms with Crippen molar-refractivity contribution in [1.29, 1.82) is 0 Å². The van der Waals surface area contributed by atoms with E-state index in [1.54, 1.807) is 0 Å². The number of carbonyl (C=O) groups excluding carboxylic acids is 1. The molecule has 0 bridgehead atoms. The summed E-state index contributed by atoms with van der Waals surface area (Å²) in [5.41, 5.74) is 0. The minimum atomic E-state index is -0.0585. The van der Waals surface area contributed by atoms with E-state index in [1.807, 2.05) is 37.3 Å². The lowest BCUT2D eigenvalue weighted by Gasteiger charge is -2.35. The van der Waals surface area contributed by atoms with Crippen LogP contribution in [-0.2, 0) is 9.53 Å². The van der Waals surface area contributed by atoms with Gasteiger partial charge in [-0.25, -0.2) is 0 Å². The van der Waals surface area contributed by atoms with Crippen LogP contribution in [0.5, 0.6) is 5.75 Å². The standard InChI is InChI=1S/C19H28N2O3/c1-15(9-11-23-17-7-3-2-4-8-17)19(22)20-12-18-13-21-10-5-6-16(21)14-24-18/h2-4,7-8,15-16,18H,5-6,9-14H2,1H3,(H,20,22). The number of nitrogens with zero attached hydrogens (tertiary/aromatic N) is 1. The largest absolute Gasteiger partial charge is 0.494 e. The number of nitrogens with one attached hydrogen (secondary N) is 1. The van der Waals surface area contributed by atoms with E-state index >= 15 is 0 Å². The molecule has 3 rings (SSSR count). The van der Waals surface area contributed by atoms with Crippen LogP contribution in [0.4, 0.5) is 0 Å². The summed E-state index contributed by atoms with van der Waals surface area (Å²) in [5, 5.41) is 3.03. The normalized spacial score (nSPS) is 25.0. The van der Waals surface area contributed by atoms with Crippen molar-refractivity contribution in [2.45, 2.75) is 38.3 Å². The van der Waals surface area contributed by atoms with Gasteiger partial charge in [-0.15, -0.1) is 0 Å². The van der Waals surface area contributed by atoms with Gasteiger partial charge in [0.2, 0.25) is 5.91 Å². The predicted molar refractivity (Wildman–Crippen MR) is 93.1 cm³/mol. The van der Waals surface area contributed by atoms with Gasteiger partial charge in [-0.1, -0.05) is 25.1 Å². The fourth-order valence-corrected chi connectivity index (χ4v) is 3.40. The first-order chi connectivity index (χ1) is 11.7. The summed E-state index contributed by atoms with van der Waals surface area (Å²) >= 11 is 0. The molecular weight excluding hydrogens is 304 g/mol. The highest BCUT2D eigenvalue weighted by Gasteiger charge is 2.32. The maximum Gasteiger partial charge on any atom is 0.223 e. The predicted octanol–water partition coefficient (Wildman–Crippen LogP) is 2.07. The van der Waals surface area contributed by atoms with E-state index in [4.69, 9.17) is 9.47 Å². The molecule has 0 saturated carbocycles. The van der Waals surface area contributed by atoms with Crippen molar-refractivity contribution in [3.63, 3.8) is 0 Å². The summed E-state index contributed by atoms with van der Waals surface area (Å²) in [4.78, 5) is 14.7. The number of morpholine rings is 1. The molecule has 5 heteroatoms. The third-order valence-electron chi connectivity index (χ3n) is 4.98. The minimum Gasteiger partial charge on any atom is -0.494 e. The molecule has 1 N–H and O–H groups in total. The number of para-hydroxylation sites is 1. The molecule has 1 amide bonds. The van der Waals surface area contributed by atoms with Crippen LogP contribution >= 0.6 is 0 Å². The van der Waals surface area contributed by atoms with Crippen molar-refractivity contribution in [2.24, 2.45) is 5.92 Å².